The van der Waals surface area contributed by atoms with Gasteiger partial charge in [-0.3, -0.25) is 9.59 Å². The number of aryl methyl sites for hydroxylation is 1. The second-order valence-electron chi connectivity index (χ2n) is 6.85. The molecule has 1 aromatic heterocycles. The van der Waals surface area contributed by atoms with E-state index in [2.05, 4.69) is 21.3 Å². The number of rotatable bonds is 8. The summed E-state index contributed by atoms with van der Waals surface area (Å²) >= 11 is 0. The second-order valence-corrected chi connectivity index (χ2v) is 6.85. The standard InChI is InChI=1S/C23H24N4O5/c1-15-5-10-19(31-2)18(14-15)27-23(30)26-17-8-6-16(7-9-17)21(28)24-11-12-25-22(29)20-4-3-13-32-20/h3-10,13-14H,11-12H2,1-2H3,(H,24,28)(H,25,29)(H2,26,27,30). The molecule has 0 saturated heterocycles. The lowest BCUT2D eigenvalue weighted by molar-refractivity contribution is 0.0910. The monoisotopic (exact) mass is 436 g/mol. The molecule has 4 amide bonds. The zero-order chi connectivity index (χ0) is 22.9. The zero-order valence-corrected chi connectivity index (χ0v) is 17.7. The van der Waals surface area contributed by atoms with Crippen LogP contribution in [0.25, 0.3) is 0 Å². The molecule has 32 heavy (non-hydrogen) atoms. The van der Waals surface area contributed by atoms with Gasteiger partial charge in [0.05, 0.1) is 19.1 Å². The van der Waals surface area contributed by atoms with Crippen LogP contribution < -0.4 is 26.0 Å². The molecule has 0 bridgehead atoms. The molecule has 0 saturated carbocycles. The first-order chi connectivity index (χ1) is 15.5. The van der Waals surface area contributed by atoms with E-state index in [0.29, 0.717) is 22.7 Å². The van der Waals surface area contributed by atoms with E-state index < -0.39 is 6.03 Å². The van der Waals surface area contributed by atoms with Crippen LogP contribution in [0.2, 0.25) is 0 Å². The van der Waals surface area contributed by atoms with E-state index in [1.807, 2.05) is 19.1 Å². The smallest absolute Gasteiger partial charge is 0.323 e. The molecule has 0 unspecified atom stereocenters. The van der Waals surface area contributed by atoms with E-state index in [1.54, 1.807) is 42.5 Å². The summed E-state index contributed by atoms with van der Waals surface area (Å²) < 4.78 is 10.2. The van der Waals surface area contributed by atoms with Crippen LogP contribution >= 0.6 is 0 Å². The number of hydrogen-bond acceptors (Lipinski definition) is 5. The third kappa shape index (κ3) is 6.11. The van der Waals surface area contributed by atoms with Gasteiger partial charge in [0.1, 0.15) is 5.75 Å². The van der Waals surface area contributed by atoms with Gasteiger partial charge in [0.15, 0.2) is 5.76 Å². The van der Waals surface area contributed by atoms with Crippen LogP contribution in [0.1, 0.15) is 26.5 Å². The lowest BCUT2D eigenvalue weighted by Gasteiger charge is -2.12. The first-order valence-electron chi connectivity index (χ1n) is 9.89. The van der Waals surface area contributed by atoms with Crippen LogP contribution in [0.5, 0.6) is 5.75 Å². The molecule has 0 radical (unpaired) electrons. The van der Waals surface area contributed by atoms with Crippen LogP contribution in [-0.2, 0) is 0 Å². The maximum Gasteiger partial charge on any atom is 0.323 e. The number of amides is 4. The van der Waals surface area contributed by atoms with Gasteiger partial charge in [-0.2, -0.15) is 0 Å². The van der Waals surface area contributed by atoms with E-state index in [9.17, 15) is 14.4 Å². The van der Waals surface area contributed by atoms with E-state index in [1.165, 1.54) is 13.4 Å². The van der Waals surface area contributed by atoms with E-state index >= 15 is 0 Å². The number of carbonyl (C=O) groups is 3. The highest BCUT2D eigenvalue weighted by atomic mass is 16.5. The van der Waals surface area contributed by atoms with Crippen LogP contribution in [-0.4, -0.2) is 38.0 Å². The lowest BCUT2D eigenvalue weighted by Crippen LogP contribution is -2.34. The summed E-state index contributed by atoms with van der Waals surface area (Å²) in [5.74, 6) is 0.126. The number of carbonyl (C=O) groups excluding carboxylic acids is 3. The fourth-order valence-corrected chi connectivity index (χ4v) is 2.86. The Labute approximate surface area is 185 Å². The quantitative estimate of drug-likeness (QED) is 0.403. The molecule has 0 atom stereocenters. The molecule has 1 heterocycles. The van der Waals surface area contributed by atoms with Gasteiger partial charge in [-0.25, -0.2) is 4.79 Å². The Bertz CT molecular complexity index is 1080. The van der Waals surface area contributed by atoms with Gasteiger partial charge in [0, 0.05) is 24.3 Å². The number of furan rings is 1. The summed E-state index contributed by atoms with van der Waals surface area (Å²) in [6.45, 7) is 2.43. The number of anilines is 2. The molecule has 2 aromatic carbocycles. The summed E-state index contributed by atoms with van der Waals surface area (Å²) in [5, 5.41) is 10.8. The highest BCUT2D eigenvalue weighted by Crippen LogP contribution is 2.25. The van der Waals surface area contributed by atoms with Gasteiger partial charge >= 0.3 is 6.03 Å². The van der Waals surface area contributed by atoms with Gasteiger partial charge in [0.2, 0.25) is 0 Å². The van der Waals surface area contributed by atoms with Gasteiger partial charge in [-0.1, -0.05) is 6.07 Å². The molecule has 9 nitrogen and oxygen atoms in total. The molecule has 3 aromatic rings. The van der Waals surface area contributed by atoms with Crippen molar-refractivity contribution in [2.45, 2.75) is 6.92 Å². The Morgan fingerprint density at radius 1 is 0.906 bits per heavy atom. The van der Waals surface area contributed by atoms with Gasteiger partial charge in [-0.05, 0) is 61.0 Å². The molecule has 3 rings (SSSR count). The highest BCUT2D eigenvalue weighted by molar-refractivity contribution is 6.01. The van der Waals surface area contributed by atoms with Gasteiger partial charge in [0.25, 0.3) is 11.8 Å². The fraction of sp³-hybridized carbons (Fsp3) is 0.174. The van der Waals surface area contributed by atoms with Crippen molar-refractivity contribution in [3.63, 3.8) is 0 Å². The summed E-state index contributed by atoms with van der Waals surface area (Å²) in [6.07, 6.45) is 1.41. The summed E-state index contributed by atoms with van der Waals surface area (Å²) in [5.41, 5.74) is 2.49. The number of methoxy groups -OCH3 is 1. The fourth-order valence-electron chi connectivity index (χ4n) is 2.86. The zero-order valence-electron chi connectivity index (χ0n) is 17.7. The average molecular weight is 436 g/mol. The van der Waals surface area contributed by atoms with Crippen molar-refractivity contribution in [3.8, 4) is 5.75 Å². The van der Waals surface area contributed by atoms with Crippen molar-refractivity contribution >= 4 is 29.2 Å². The first-order valence-corrected chi connectivity index (χ1v) is 9.89. The van der Waals surface area contributed by atoms with E-state index in [-0.39, 0.29) is 30.7 Å². The van der Waals surface area contributed by atoms with Gasteiger partial charge < -0.3 is 30.4 Å². The largest absolute Gasteiger partial charge is 0.495 e. The number of nitrogens with one attached hydrogen (secondary N) is 4. The molecule has 0 aliphatic heterocycles. The number of ether oxygens (including phenoxy) is 1. The average Bonchev–Trinajstić information content (AvgIpc) is 3.32. The Kier molecular flexibility index (Phi) is 7.47. The lowest BCUT2D eigenvalue weighted by atomic mass is 10.2. The predicted molar refractivity (Wildman–Crippen MR) is 120 cm³/mol. The number of hydrogen-bond donors (Lipinski definition) is 4. The summed E-state index contributed by atoms with van der Waals surface area (Å²) in [7, 11) is 1.53. The van der Waals surface area contributed by atoms with E-state index in [0.717, 1.165) is 5.56 Å². The summed E-state index contributed by atoms with van der Waals surface area (Å²) in [4.78, 5) is 36.3. The minimum Gasteiger partial charge on any atom is -0.495 e. The first kappa shape index (κ1) is 22.4. The van der Waals surface area contributed by atoms with Crippen LogP contribution in [0.3, 0.4) is 0 Å². The topological polar surface area (TPSA) is 122 Å². The molecule has 0 spiro atoms. The Hall–Kier alpha value is -4.27. The Morgan fingerprint density at radius 2 is 1.62 bits per heavy atom. The normalized spacial score (nSPS) is 10.2. The number of benzene rings is 2. The summed E-state index contributed by atoms with van der Waals surface area (Å²) in [6, 6.07) is 14.7. The van der Waals surface area contributed by atoms with Crippen LogP contribution in [0.4, 0.5) is 16.2 Å². The van der Waals surface area contributed by atoms with Crippen LogP contribution in [0.15, 0.2) is 65.3 Å². The van der Waals surface area contributed by atoms with Crippen molar-refractivity contribution in [2.75, 3.05) is 30.8 Å². The Morgan fingerprint density at radius 3 is 2.28 bits per heavy atom. The minimum absolute atomic E-state index is 0.212. The van der Waals surface area contributed by atoms with Crippen molar-refractivity contribution < 1.29 is 23.5 Å². The van der Waals surface area contributed by atoms with Gasteiger partial charge in [-0.15, -0.1) is 0 Å². The molecule has 0 aliphatic carbocycles. The molecule has 4 N–H and O–H groups in total. The molecule has 9 heteroatoms. The SMILES string of the molecule is COc1ccc(C)cc1NC(=O)Nc1ccc(C(=O)NCCNC(=O)c2ccco2)cc1. The third-order valence-electron chi connectivity index (χ3n) is 4.45. The third-order valence-corrected chi connectivity index (χ3v) is 4.45. The van der Waals surface area contributed by atoms with Crippen molar-refractivity contribution in [1.29, 1.82) is 0 Å². The van der Waals surface area contributed by atoms with Crippen LogP contribution in [0, 0.1) is 6.92 Å². The van der Waals surface area contributed by atoms with E-state index in [4.69, 9.17) is 9.15 Å². The Balaban J connectivity index is 1.46. The van der Waals surface area contributed by atoms with Crippen molar-refractivity contribution in [3.05, 3.63) is 77.7 Å². The molecule has 0 fully saturated rings. The number of urea groups is 1. The highest BCUT2D eigenvalue weighted by Gasteiger charge is 2.10. The second kappa shape index (κ2) is 10.7. The maximum atomic E-state index is 12.3. The molecular formula is C23H24N4O5. The van der Waals surface area contributed by atoms with Crippen molar-refractivity contribution in [2.24, 2.45) is 0 Å². The van der Waals surface area contributed by atoms with Crippen molar-refractivity contribution in [1.82, 2.24) is 10.6 Å². The molecule has 166 valence electrons. The maximum absolute atomic E-state index is 12.3. The molecular weight excluding hydrogens is 412 g/mol. The molecule has 0 aliphatic rings. The minimum atomic E-state index is -0.432. The predicted octanol–water partition coefficient (Wildman–Crippen LogP) is 3.40.